The highest BCUT2D eigenvalue weighted by atomic mass is 32.2. The van der Waals surface area contributed by atoms with E-state index < -0.39 is 5.97 Å². The molecule has 138 valence electrons. The molecular weight excluding hydrogens is 350 g/mol. The van der Waals surface area contributed by atoms with Gasteiger partial charge < -0.3 is 10.1 Å². The second-order valence-electron chi connectivity index (χ2n) is 5.78. The number of nitrogens with zero attached hydrogens (tertiary/aromatic N) is 2. The van der Waals surface area contributed by atoms with Crippen LogP contribution in [0.1, 0.15) is 28.9 Å². The number of amides is 1. The lowest BCUT2D eigenvalue weighted by Gasteiger charge is -2.10. The first-order chi connectivity index (χ1) is 12.5. The van der Waals surface area contributed by atoms with Gasteiger partial charge in [-0.25, -0.2) is 9.97 Å². The van der Waals surface area contributed by atoms with E-state index in [1.54, 1.807) is 0 Å². The SMILES string of the molecule is CSc1nc(C)c(CCC(=O)OCC(=O)NCc2ccccc2)c(C)n1. The topological polar surface area (TPSA) is 81.2 Å². The molecule has 0 aliphatic carbocycles. The van der Waals surface area contributed by atoms with Crippen LogP contribution in [0.15, 0.2) is 35.5 Å². The Morgan fingerprint density at radius 1 is 1.12 bits per heavy atom. The summed E-state index contributed by atoms with van der Waals surface area (Å²) in [5.41, 5.74) is 3.69. The molecule has 0 bridgehead atoms. The van der Waals surface area contributed by atoms with Crippen LogP contribution in [0.3, 0.4) is 0 Å². The van der Waals surface area contributed by atoms with Crippen LogP contribution >= 0.6 is 11.8 Å². The highest BCUT2D eigenvalue weighted by molar-refractivity contribution is 7.98. The molecule has 0 aliphatic heterocycles. The third kappa shape index (κ3) is 6.15. The average molecular weight is 373 g/mol. The minimum atomic E-state index is -0.410. The Balaban J connectivity index is 1.74. The van der Waals surface area contributed by atoms with Gasteiger partial charge in [-0.05, 0) is 37.7 Å². The van der Waals surface area contributed by atoms with Gasteiger partial charge >= 0.3 is 5.97 Å². The zero-order chi connectivity index (χ0) is 18.9. The second kappa shape index (κ2) is 9.91. The van der Waals surface area contributed by atoms with Crippen molar-refractivity contribution in [2.24, 2.45) is 0 Å². The number of rotatable bonds is 8. The number of nitrogens with one attached hydrogen (secondary N) is 1. The Labute approximate surface area is 157 Å². The molecule has 2 aromatic rings. The molecule has 6 nitrogen and oxygen atoms in total. The molecule has 0 fully saturated rings. The monoisotopic (exact) mass is 373 g/mol. The number of carbonyl (C=O) groups is 2. The number of aryl methyl sites for hydroxylation is 2. The lowest BCUT2D eigenvalue weighted by molar-refractivity contribution is -0.148. The molecule has 1 amide bonds. The Kier molecular flexibility index (Phi) is 7.59. The molecule has 2 rings (SSSR count). The molecule has 1 aromatic carbocycles. The van der Waals surface area contributed by atoms with Gasteiger partial charge in [-0.15, -0.1) is 0 Å². The van der Waals surface area contributed by atoms with E-state index in [0.29, 0.717) is 13.0 Å². The van der Waals surface area contributed by atoms with Crippen LogP contribution in [0.5, 0.6) is 0 Å². The van der Waals surface area contributed by atoms with Crippen molar-refractivity contribution in [2.45, 2.75) is 38.4 Å². The summed E-state index contributed by atoms with van der Waals surface area (Å²) in [6.45, 7) is 3.96. The maximum absolute atomic E-state index is 11.9. The summed E-state index contributed by atoms with van der Waals surface area (Å²) in [5.74, 6) is -0.727. The minimum Gasteiger partial charge on any atom is -0.456 e. The molecule has 7 heteroatoms. The molecule has 0 saturated heterocycles. The Morgan fingerprint density at radius 3 is 2.38 bits per heavy atom. The predicted octanol–water partition coefficient (Wildman–Crippen LogP) is 2.61. The first kappa shape index (κ1) is 19.9. The van der Waals surface area contributed by atoms with Gasteiger partial charge in [-0.3, -0.25) is 9.59 Å². The van der Waals surface area contributed by atoms with Gasteiger partial charge in [0.1, 0.15) is 0 Å². The van der Waals surface area contributed by atoms with Gasteiger partial charge in [0.15, 0.2) is 11.8 Å². The number of ether oxygens (including phenoxy) is 1. The number of aromatic nitrogens is 2. The van der Waals surface area contributed by atoms with Crippen LogP contribution in [-0.4, -0.2) is 34.7 Å². The fourth-order valence-corrected chi connectivity index (χ4v) is 2.91. The normalized spacial score (nSPS) is 10.4. The fraction of sp³-hybridized carbons (Fsp3) is 0.368. The predicted molar refractivity (Wildman–Crippen MR) is 101 cm³/mol. The molecule has 0 atom stereocenters. The molecule has 1 heterocycles. The van der Waals surface area contributed by atoms with E-state index in [1.807, 2.05) is 50.4 Å². The molecule has 26 heavy (non-hydrogen) atoms. The van der Waals surface area contributed by atoms with Crippen molar-refractivity contribution in [3.8, 4) is 0 Å². The Hall–Kier alpha value is -2.41. The summed E-state index contributed by atoms with van der Waals surface area (Å²) in [4.78, 5) is 32.4. The fourth-order valence-electron chi connectivity index (χ4n) is 2.45. The highest BCUT2D eigenvalue weighted by Gasteiger charge is 2.12. The van der Waals surface area contributed by atoms with Crippen molar-refractivity contribution >= 4 is 23.6 Å². The van der Waals surface area contributed by atoms with Gasteiger partial charge in [0.05, 0.1) is 0 Å². The van der Waals surface area contributed by atoms with Crippen molar-refractivity contribution in [2.75, 3.05) is 12.9 Å². The smallest absolute Gasteiger partial charge is 0.306 e. The summed E-state index contributed by atoms with van der Waals surface area (Å²) in [6, 6.07) is 9.56. The van der Waals surface area contributed by atoms with E-state index in [4.69, 9.17) is 4.74 Å². The summed E-state index contributed by atoms with van der Waals surface area (Å²) in [5, 5.41) is 3.44. The van der Waals surface area contributed by atoms with Crippen LogP contribution in [0, 0.1) is 13.8 Å². The minimum absolute atomic E-state index is 0.190. The molecule has 0 aliphatic rings. The highest BCUT2D eigenvalue weighted by Crippen LogP contribution is 2.17. The van der Waals surface area contributed by atoms with Crippen molar-refractivity contribution in [1.82, 2.24) is 15.3 Å². The van der Waals surface area contributed by atoms with Gasteiger partial charge in [-0.1, -0.05) is 42.1 Å². The van der Waals surface area contributed by atoms with Crippen LogP contribution < -0.4 is 5.32 Å². The quantitative estimate of drug-likeness (QED) is 0.435. The molecule has 0 spiro atoms. The van der Waals surface area contributed by atoms with Crippen LogP contribution in [-0.2, 0) is 27.3 Å². The molecule has 0 radical (unpaired) electrons. The summed E-state index contributed by atoms with van der Waals surface area (Å²) < 4.78 is 5.04. The Bertz CT molecular complexity index is 743. The number of esters is 1. The average Bonchev–Trinajstić information content (AvgIpc) is 2.64. The zero-order valence-electron chi connectivity index (χ0n) is 15.2. The molecule has 1 N–H and O–H groups in total. The van der Waals surface area contributed by atoms with E-state index in [1.165, 1.54) is 11.8 Å². The van der Waals surface area contributed by atoms with Crippen molar-refractivity contribution in [3.05, 3.63) is 52.8 Å². The number of benzene rings is 1. The maximum Gasteiger partial charge on any atom is 0.306 e. The number of thioether (sulfide) groups is 1. The van der Waals surface area contributed by atoms with Crippen LogP contribution in [0.25, 0.3) is 0 Å². The van der Waals surface area contributed by atoms with E-state index in [-0.39, 0.29) is 18.9 Å². The van der Waals surface area contributed by atoms with Gasteiger partial charge in [0.2, 0.25) is 0 Å². The van der Waals surface area contributed by atoms with Crippen molar-refractivity contribution in [3.63, 3.8) is 0 Å². The third-order valence-corrected chi connectivity index (χ3v) is 4.41. The summed E-state index contributed by atoms with van der Waals surface area (Å²) in [7, 11) is 0. The van der Waals surface area contributed by atoms with E-state index >= 15 is 0 Å². The van der Waals surface area contributed by atoms with Crippen molar-refractivity contribution < 1.29 is 14.3 Å². The number of hydrogen-bond donors (Lipinski definition) is 1. The molecular formula is C19H23N3O3S. The van der Waals surface area contributed by atoms with E-state index in [2.05, 4.69) is 15.3 Å². The van der Waals surface area contributed by atoms with Gasteiger partial charge in [-0.2, -0.15) is 0 Å². The summed E-state index contributed by atoms with van der Waals surface area (Å²) in [6.07, 6.45) is 2.61. The van der Waals surface area contributed by atoms with Gasteiger partial charge in [0.25, 0.3) is 5.91 Å². The lowest BCUT2D eigenvalue weighted by Crippen LogP contribution is -2.28. The van der Waals surface area contributed by atoms with Crippen LogP contribution in [0.2, 0.25) is 0 Å². The third-order valence-electron chi connectivity index (χ3n) is 3.86. The first-order valence-corrected chi connectivity index (χ1v) is 9.56. The molecule has 0 saturated carbocycles. The zero-order valence-corrected chi connectivity index (χ0v) is 16.1. The van der Waals surface area contributed by atoms with E-state index in [0.717, 1.165) is 27.7 Å². The van der Waals surface area contributed by atoms with Crippen LogP contribution in [0.4, 0.5) is 0 Å². The molecule has 0 unspecified atom stereocenters. The standard InChI is InChI=1S/C19H23N3O3S/c1-13-16(14(2)22-19(21-13)26-3)9-10-18(24)25-12-17(23)20-11-15-7-5-4-6-8-15/h4-8H,9-12H2,1-3H3,(H,20,23). The summed E-state index contributed by atoms with van der Waals surface area (Å²) >= 11 is 1.49. The lowest BCUT2D eigenvalue weighted by atomic mass is 10.1. The van der Waals surface area contributed by atoms with Crippen molar-refractivity contribution in [1.29, 1.82) is 0 Å². The number of carbonyl (C=O) groups excluding carboxylic acids is 2. The largest absolute Gasteiger partial charge is 0.456 e. The second-order valence-corrected chi connectivity index (χ2v) is 6.56. The number of hydrogen-bond acceptors (Lipinski definition) is 6. The Morgan fingerprint density at radius 2 is 1.77 bits per heavy atom. The first-order valence-electron chi connectivity index (χ1n) is 8.34. The molecule has 1 aromatic heterocycles. The van der Waals surface area contributed by atoms with Gasteiger partial charge in [0, 0.05) is 24.4 Å². The maximum atomic E-state index is 11.9. The van der Waals surface area contributed by atoms with E-state index in [9.17, 15) is 9.59 Å².